The van der Waals surface area contributed by atoms with E-state index in [1.165, 1.54) is 10.0 Å². The first-order valence-corrected chi connectivity index (χ1v) is 9.59. The lowest BCUT2D eigenvalue weighted by Crippen LogP contribution is -2.46. The Morgan fingerprint density at radius 1 is 0.607 bits per heavy atom. The molecule has 0 aliphatic carbocycles. The van der Waals surface area contributed by atoms with Crippen molar-refractivity contribution in [2.75, 3.05) is 14.1 Å². The number of hydrogen-bond acceptors (Lipinski definition) is 3. The number of nitrogens with zero attached hydrogens (tertiary/aromatic N) is 2. The topological polar surface area (TPSA) is 40.6 Å². The molecule has 150 valence electrons. The summed E-state index contributed by atoms with van der Waals surface area (Å²) >= 11 is 0. The molecule has 2 rings (SSSR count). The fraction of sp³-hybridized carbons (Fsp3) is 0.417. The van der Waals surface area contributed by atoms with Gasteiger partial charge < -0.3 is 0 Å². The van der Waals surface area contributed by atoms with Gasteiger partial charge in [0.1, 0.15) is 0 Å². The first-order valence-electron chi connectivity index (χ1n) is 9.59. The van der Waals surface area contributed by atoms with Crippen LogP contribution in [-0.4, -0.2) is 35.9 Å². The number of benzene rings is 2. The molecule has 0 bridgehead atoms. The predicted molar refractivity (Wildman–Crippen MR) is 114 cm³/mol. The summed E-state index contributed by atoms with van der Waals surface area (Å²) in [5, 5.41) is 2.71. The smallest absolute Gasteiger partial charge is 0.267 e. The van der Waals surface area contributed by atoms with E-state index >= 15 is 0 Å². The van der Waals surface area contributed by atoms with Crippen molar-refractivity contribution in [2.45, 2.75) is 52.4 Å². The zero-order chi connectivity index (χ0) is 21.3. The van der Waals surface area contributed by atoms with Crippen molar-refractivity contribution in [1.82, 2.24) is 10.0 Å². The summed E-state index contributed by atoms with van der Waals surface area (Å²) in [6.07, 6.45) is 0. The maximum Gasteiger partial charge on any atom is 0.275 e. The van der Waals surface area contributed by atoms with Crippen LogP contribution in [0.3, 0.4) is 0 Å². The van der Waals surface area contributed by atoms with Crippen LogP contribution in [0.5, 0.6) is 0 Å². The highest BCUT2D eigenvalue weighted by Crippen LogP contribution is 2.24. The lowest BCUT2D eigenvalue weighted by molar-refractivity contribution is 0.0189. The van der Waals surface area contributed by atoms with Gasteiger partial charge in [0.15, 0.2) is 0 Å². The van der Waals surface area contributed by atoms with Gasteiger partial charge in [0.05, 0.1) is 0 Å². The minimum Gasteiger partial charge on any atom is -0.267 e. The van der Waals surface area contributed by atoms with E-state index in [4.69, 9.17) is 0 Å². The predicted octanol–water partition coefficient (Wildman–Crippen LogP) is 5.04. The molecule has 0 atom stereocenters. The molecule has 0 saturated heterocycles. The van der Waals surface area contributed by atoms with Gasteiger partial charge in [0.25, 0.3) is 11.8 Å². The second kappa shape index (κ2) is 7.88. The third kappa shape index (κ3) is 4.87. The Kier molecular flexibility index (Phi) is 6.15. The third-order valence-electron chi connectivity index (χ3n) is 4.78. The van der Waals surface area contributed by atoms with Crippen LogP contribution in [0.4, 0.5) is 0 Å². The average Bonchev–Trinajstić information content (AvgIpc) is 2.60. The summed E-state index contributed by atoms with van der Waals surface area (Å²) < 4.78 is 0. The minimum atomic E-state index is -0.338. The molecule has 0 saturated carbocycles. The van der Waals surface area contributed by atoms with Crippen LogP contribution in [0, 0.1) is 0 Å². The highest BCUT2D eigenvalue weighted by Gasteiger charge is 2.27. The Labute approximate surface area is 169 Å². The average molecular weight is 381 g/mol. The van der Waals surface area contributed by atoms with Crippen molar-refractivity contribution in [1.29, 1.82) is 0 Å². The SMILES string of the molecule is CN(C)N(C(=O)c1ccc(C(C)(C)C)cc1)C(=O)c1ccc(C(C)(C)C)cc1. The zero-order valence-corrected chi connectivity index (χ0v) is 18.3. The Hall–Kier alpha value is -2.46. The zero-order valence-electron chi connectivity index (χ0n) is 18.3. The van der Waals surface area contributed by atoms with Gasteiger partial charge >= 0.3 is 0 Å². The molecule has 4 nitrogen and oxygen atoms in total. The van der Waals surface area contributed by atoms with Gasteiger partial charge in [-0.2, -0.15) is 0 Å². The van der Waals surface area contributed by atoms with Gasteiger partial charge in [-0.1, -0.05) is 65.8 Å². The molecule has 0 N–H and O–H groups in total. The molecule has 0 heterocycles. The van der Waals surface area contributed by atoms with Crippen LogP contribution in [0.1, 0.15) is 73.4 Å². The van der Waals surface area contributed by atoms with Crippen LogP contribution in [0.25, 0.3) is 0 Å². The fourth-order valence-corrected chi connectivity index (χ4v) is 2.93. The maximum atomic E-state index is 13.1. The standard InChI is InChI=1S/C24H32N2O2/c1-23(2,3)19-13-9-17(10-14-19)21(27)26(25(7)8)22(28)18-11-15-20(16-12-18)24(4,5)6/h9-16H,1-8H3. The molecule has 4 heteroatoms. The number of carbonyl (C=O) groups excluding carboxylic acids is 2. The van der Waals surface area contributed by atoms with E-state index < -0.39 is 0 Å². The summed E-state index contributed by atoms with van der Waals surface area (Å²) in [5.41, 5.74) is 3.28. The van der Waals surface area contributed by atoms with Gasteiger partial charge in [-0.25, -0.2) is 10.0 Å². The summed E-state index contributed by atoms with van der Waals surface area (Å²) in [7, 11) is 3.39. The van der Waals surface area contributed by atoms with Crippen LogP contribution in [-0.2, 0) is 10.8 Å². The van der Waals surface area contributed by atoms with E-state index in [0.717, 1.165) is 11.1 Å². The highest BCUT2D eigenvalue weighted by atomic mass is 16.2. The second-order valence-corrected chi connectivity index (χ2v) is 9.42. The minimum absolute atomic E-state index is 0.00737. The molecule has 2 aromatic carbocycles. The molecule has 28 heavy (non-hydrogen) atoms. The number of carbonyl (C=O) groups is 2. The van der Waals surface area contributed by atoms with Crippen LogP contribution in [0.15, 0.2) is 48.5 Å². The summed E-state index contributed by atoms with van der Waals surface area (Å²) in [4.78, 5) is 26.1. The Morgan fingerprint density at radius 3 is 1.11 bits per heavy atom. The first-order chi connectivity index (χ1) is 12.8. The van der Waals surface area contributed by atoms with Crippen molar-refractivity contribution in [3.05, 3.63) is 70.8 Å². The number of hydrazine groups is 1. The molecular weight excluding hydrogens is 348 g/mol. The van der Waals surface area contributed by atoms with Crippen molar-refractivity contribution in [2.24, 2.45) is 0 Å². The molecule has 0 spiro atoms. The number of rotatable bonds is 3. The molecule has 0 aromatic heterocycles. The van der Waals surface area contributed by atoms with E-state index in [2.05, 4.69) is 41.5 Å². The van der Waals surface area contributed by atoms with Crippen molar-refractivity contribution in [3.8, 4) is 0 Å². The highest BCUT2D eigenvalue weighted by molar-refractivity contribution is 6.09. The van der Waals surface area contributed by atoms with Crippen molar-refractivity contribution in [3.63, 3.8) is 0 Å². The lowest BCUT2D eigenvalue weighted by atomic mass is 9.86. The molecule has 0 radical (unpaired) electrons. The van der Waals surface area contributed by atoms with Crippen molar-refractivity contribution >= 4 is 11.8 Å². The normalized spacial score (nSPS) is 12.2. The van der Waals surface area contributed by atoms with Crippen LogP contribution >= 0.6 is 0 Å². The fourth-order valence-electron chi connectivity index (χ4n) is 2.93. The largest absolute Gasteiger partial charge is 0.275 e. The summed E-state index contributed by atoms with van der Waals surface area (Å²) in [6, 6.07) is 14.9. The first kappa shape index (κ1) is 21.8. The third-order valence-corrected chi connectivity index (χ3v) is 4.78. The van der Waals surface area contributed by atoms with E-state index in [-0.39, 0.29) is 22.6 Å². The molecule has 0 aliphatic rings. The number of amides is 2. The van der Waals surface area contributed by atoms with Crippen molar-refractivity contribution < 1.29 is 9.59 Å². The quantitative estimate of drug-likeness (QED) is 0.553. The van der Waals surface area contributed by atoms with E-state index in [0.29, 0.717) is 11.1 Å². The maximum absolute atomic E-state index is 13.1. The molecule has 2 aromatic rings. The second-order valence-electron chi connectivity index (χ2n) is 9.42. The van der Waals surface area contributed by atoms with Gasteiger partial charge in [-0.05, 0) is 46.2 Å². The van der Waals surface area contributed by atoms with Gasteiger partial charge in [0, 0.05) is 25.2 Å². The summed E-state index contributed by atoms with van der Waals surface area (Å²) in [5.74, 6) is -0.675. The molecular formula is C24H32N2O2. The lowest BCUT2D eigenvalue weighted by Gasteiger charge is -2.28. The monoisotopic (exact) mass is 380 g/mol. The molecule has 2 amide bonds. The Morgan fingerprint density at radius 2 is 0.893 bits per heavy atom. The van der Waals surface area contributed by atoms with Gasteiger partial charge in [0.2, 0.25) is 0 Å². The van der Waals surface area contributed by atoms with Crippen LogP contribution < -0.4 is 0 Å². The van der Waals surface area contributed by atoms with Gasteiger partial charge in [-0.15, -0.1) is 0 Å². The molecule has 0 aliphatic heterocycles. The van der Waals surface area contributed by atoms with Crippen LogP contribution in [0.2, 0.25) is 0 Å². The Balaban J connectivity index is 2.31. The van der Waals surface area contributed by atoms with E-state index in [9.17, 15) is 9.59 Å². The van der Waals surface area contributed by atoms with E-state index in [1.54, 1.807) is 38.4 Å². The van der Waals surface area contributed by atoms with E-state index in [1.807, 2.05) is 24.3 Å². The molecule has 0 unspecified atom stereocenters. The number of imide groups is 1. The summed E-state index contributed by atoms with van der Waals surface area (Å²) in [6.45, 7) is 12.8. The Bertz CT molecular complexity index is 767. The van der Waals surface area contributed by atoms with Gasteiger partial charge in [-0.3, -0.25) is 9.59 Å². The number of hydrogen-bond donors (Lipinski definition) is 0. The molecule has 0 fully saturated rings.